The molecule has 0 atom stereocenters. The van der Waals surface area contributed by atoms with Gasteiger partial charge in [0.1, 0.15) is 0 Å². The summed E-state index contributed by atoms with van der Waals surface area (Å²) in [6, 6.07) is 1.70. The topological polar surface area (TPSA) is 87.8 Å². The molecule has 0 bridgehead atoms. The summed E-state index contributed by atoms with van der Waals surface area (Å²) in [7, 11) is -3.46. The standard InChI is InChI=1S/C14H24N4O2S2.HI/c1-11-10-13(12(2)21-11)22(19,20)17-7-6-16-14(15)18-8-4-3-5-9-18;/h10,17H,3-9H2,1-2H3,(H2,15,16);1H. The van der Waals surface area contributed by atoms with Gasteiger partial charge in [-0.25, -0.2) is 13.1 Å². The van der Waals surface area contributed by atoms with Gasteiger partial charge < -0.3 is 10.6 Å². The van der Waals surface area contributed by atoms with Crippen molar-refractivity contribution in [1.82, 2.24) is 9.62 Å². The summed E-state index contributed by atoms with van der Waals surface area (Å²) >= 11 is 1.49. The minimum Gasteiger partial charge on any atom is -0.370 e. The number of hydrogen-bond acceptors (Lipinski definition) is 4. The second-order valence-electron chi connectivity index (χ2n) is 5.46. The molecule has 132 valence electrons. The van der Waals surface area contributed by atoms with Crippen LogP contribution in [0.3, 0.4) is 0 Å². The summed E-state index contributed by atoms with van der Waals surface area (Å²) in [6.45, 7) is 6.21. The molecule has 0 radical (unpaired) electrons. The van der Waals surface area contributed by atoms with E-state index in [-0.39, 0.29) is 30.5 Å². The monoisotopic (exact) mass is 472 g/mol. The summed E-state index contributed by atoms with van der Waals surface area (Å²) in [4.78, 5) is 8.49. The first-order chi connectivity index (χ1) is 10.4. The molecule has 3 N–H and O–H groups in total. The maximum absolute atomic E-state index is 12.2. The van der Waals surface area contributed by atoms with Crippen molar-refractivity contribution in [2.75, 3.05) is 26.2 Å². The average Bonchev–Trinajstić information content (AvgIpc) is 2.84. The van der Waals surface area contributed by atoms with Gasteiger partial charge in [0.2, 0.25) is 10.0 Å². The van der Waals surface area contributed by atoms with Crippen LogP contribution in [0.15, 0.2) is 16.0 Å². The van der Waals surface area contributed by atoms with Crippen LogP contribution in [-0.4, -0.2) is 45.5 Å². The highest BCUT2D eigenvalue weighted by Gasteiger charge is 2.18. The van der Waals surface area contributed by atoms with Crippen LogP contribution in [0, 0.1) is 13.8 Å². The van der Waals surface area contributed by atoms with Gasteiger partial charge in [0.05, 0.1) is 11.4 Å². The molecule has 1 aliphatic heterocycles. The zero-order valence-electron chi connectivity index (χ0n) is 13.5. The lowest BCUT2D eigenvalue weighted by Crippen LogP contribution is -2.41. The van der Waals surface area contributed by atoms with Crippen LogP contribution in [0.2, 0.25) is 0 Å². The molecule has 0 saturated carbocycles. The number of halogens is 1. The molecule has 1 fully saturated rings. The highest BCUT2D eigenvalue weighted by Crippen LogP contribution is 2.24. The van der Waals surface area contributed by atoms with Crippen LogP contribution in [0.25, 0.3) is 0 Å². The maximum Gasteiger partial charge on any atom is 0.241 e. The smallest absolute Gasteiger partial charge is 0.241 e. The van der Waals surface area contributed by atoms with E-state index in [1.165, 1.54) is 17.8 Å². The quantitative estimate of drug-likeness (QED) is 0.297. The fraction of sp³-hybridized carbons (Fsp3) is 0.643. The largest absolute Gasteiger partial charge is 0.370 e. The van der Waals surface area contributed by atoms with E-state index in [1.54, 1.807) is 6.07 Å². The molecule has 1 saturated heterocycles. The van der Waals surface area contributed by atoms with Crippen LogP contribution in [0.1, 0.15) is 29.0 Å². The number of likely N-dealkylation sites (tertiary alicyclic amines) is 1. The van der Waals surface area contributed by atoms with Crippen molar-refractivity contribution < 1.29 is 8.42 Å². The van der Waals surface area contributed by atoms with Crippen molar-refractivity contribution in [3.8, 4) is 0 Å². The van der Waals surface area contributed by atoms with Crippen molar-refractivity contribution in [1.29, 1.82) is 0 Å². The Kier molecular flexibility index (Phi) is 8.25. The van der Waals surface area contributed by atoms with Gasteiger partial charge in [-0.3, -0.25) is 4.99 Å². The first-order valence-electron chi connectivity index (χ1n) is 7.52. The Morgan fingerprint density at radius 2 is 2.00 bits per heavy atom. The summed E-state index contributed by atoms with van der Waals surface area (Å²) in [5.41, 5.74) is 5.94. The minimum atomic E-state index is -3.46. The van der Waals surface area contributed by atoms with E-state index in [1.807, 2.05) is 13.8 Å². The highest BCUT2D eigenvalue weighted by molar-refractivity contribution is 14.0. The molecule has 2 heterocycles. The molecule has 6 nitrogen and oxygen atoms in total. The van der Waals surface area contributed by atoms with E-state index in [0.717, 1.165) is 35.7 Å². The summed E-state index contributed by atoms with van der Waals surface area (Å²) < 4.78 is 27.0. The third-order valence-electron chi connectivity index (χ3n) is 3.64. The second kappa shape index (κ2) is 9.19. The number of rotatable bonds is 5. The van der Waals surface area contributed by atoms with Gasteiger partial charge in [-0.15, -0.1) is 35.3 Å². The van der Waals surface area contributed by atoms with E-state index >= 15 is 0 Å². The summed E-state index contributed by atoms with van der Waals surface area (Å²) in [5, 5.41) is 0. The number of nitrogens with zero attached hydrogens (tertiary/aromatic N) is 2. The molecule has 1 aliphatic rings. The summed E-state index contributed by atoms with van der Waals surface area (Å²) in [6.07, 6.45) is 3.52. The van der Waals surface area contributed by atoms with Crippen molar-refractivity contribution in [2.45, 2.75) is 38.0 Å². The third kappa shape index (κ3) is 5.87. The number of hydrogen-bond donors (Lipinski definition) is 2. The molecule has 2 rings (SSSR count). The molecule has 1 aromatic heterocycles. The van der Waals surface area contributed by atoms with Crippen molar-refractivity contribution >= 4 is 51.3 Å². The number of guanidine groups is 1. The zero-order valence-corrected chi connectivity index (χ0v) is 17.5. The van der Waals surface area contributed by atoms with Crippen LogP contribution < -0.4 is 10.5 Å². The number of sulfonamides is 1. The van der Waals surface area contributed by atoms with Crippen molar-refractivity contribution in [3.63, 3.8) is 0 Å². The van der Waals surface area contributed by atoms with Gasteiger partial charge >= 0.3 is 0 Å². The molecule has 23 heavy (non-hydrogen) atoms. The van der Waals surface area contributed by atoms with Crippen molar-refractivity contribution in [2.24, 2.45) is 10.7 Å². The fourth-order valence-corrected chi connectivity index (χ4v) is 5.10. The van der Waals surface area contributed by atoms with Gasteiger partial charge in [-0.2, -0.15) is 0 Å². The molecular weight excluding hydrogens is 447 g/mol. The van der Waals surface area contributed by atoms with Gasteiger partial charge in [0.15, 0.2) is 5.96 Å². The Morgan fingerprint density at radius 1 is 1.35 bits per heavy atom. The zero-order chi connectivity index (χ0) is 16.2. The van der Waals surface area contributed by atoms with E-state index in [0.29, 0.717) is 17.4 Å². The first kappa shape index (κ1) is 20.7. The number of nitrogens with one attached hydrogen (secondary N) is 1. The molecule has 9 heteroatoms. The van der Waals surface area contributed by atoms with Crippen LogP contribution in [0.5, 0.6) is 0 Å². The van der Waals surface area contributed by atoms with E-state index in [9.17, 15) is 8.42 Å². The van der Waals surface area contributed by atoms with Crippen LogP contribution in [-0.2, 0) is 10.0 Å². The van der Waals surface area contributed by atoms with E-state index < -0.39 is 10.0 Å². The number of piperidine rings is 1. The predicted molar refractivity (Wildman–Crippen MR) is 106 cm³/mol. The molecule has 0 spiro atoms. The van der Waals surface area contributed by atoms with Crippen molar-refractivity contribution in [3.05, 3.63) is 15.8 Å². The van der Waals surface area contributed by atoms with E-state index in [2.05, 4.69) is 14.6 Å². The van der Waals surface area contributed by atoms with Gasteiger partial charge in [0, 0.05) is 29.4 Å². The first-order valence-corrected chi connectivity index (χ1v) is 9.81. The van der Waals surface area contributed by atoms with Crippen LogP contribution >= 0.6 is 35.3 Å². The Balaban J connectivity index is 0.00000264. The maximum atomic E-state index is 12.2. The number of nitrogens with two attached hydrogens (primary N) is 1. The molecule has 0 amide bonds. The molecule has 0 aliphatic carbocycles. The fourth-order valence-electron chi connectivity index (χ4n) is 2.53. The Bertz CT molecular complexity index is 637. The lowest BCUT2D eigenvalue weighted by Gasteiger charge is -2.27. The van der Waals surface area contributed by atoms with Gasteiger partial charge in [-0.1, -0.05) is 0 Å². The van der Waals surface area contributed by atoms with Gasteiger partial charge in [0.25, 0.3) is 0 Å². The second-order valence-corrected chi connectivity index (χ2v) is 8.66. The Hall–Kier alpha value is -0.390. The normalized spacial score (nSPS) is 16.3. The van der Waals surface area contributed by atoms with Crippen LogP contribution in [0.4, 0.5) is 0 Å². The lowest BCUT2D eigenvalue weighted by atomic mass is 10.1. The Morgan fingerprint density at radius 3 is 2.57 bits per heavy atom. The summed E-state index contributed by atoms with van der Waals surface area (Å²) in [5.74, 6) is 0.515. The Labute approximate surface area is 159 Å². The third-order valence-corrected chi connectivity index (χ3v) is 6.33. The molecule has 0 unspecified atom stereocenters. The molecule has 1 aromatic rings. The number of aliphatic imine (C=N–C) groups is 1. The number of aryl methyl sites for hydroxylation is 2. The SMILES string of the molecule is Cc1cc(S(=O)(=O)NCCN=C(N)N2CCCCC2)c(C)s1.I. The predicted octanol–water partition coefficient (Wildman–Crippen LogP) is 2.06. The average molecular weight is 472 g/mol. The molecule has 0 aromatic carbocycles. The lowest BCUT2D eigenvalue weighted by molar-refractivity contribution is 0.338. The number of thiophene rings is 1. The van der Waals surface area contributed by atoms with Gasteiger partial charge in [-0.05, 0) is 39.2 Å². The highest BCUT2D eigenvalue weighted by atomic mass is 127. The van der Waals surface area contributed by atoms with E-state index in [4.69, 9.17) is 5.73 Å². The minimum absolute atomic E-state index is 0. The molecular formula is C14H25IN4O2S2.